The molecule has 0 spiro atoms. The Labute approximate surface area is 122 Å². The van der Waals surface area contributed by atoms with Gasteiger partial charge in [-0.05, 0) is 36.6 Å². The normalized spacial score (nSPS) is 10.4. The van der Waals surface area contributed by atoms with Crippen molar-refractivity contribution in [3.8, 4) is 27.4 Å². The number of hydrogen-bond donors (Lipinski definition) is 0. The number of para-hydroxylation sites is 1. The van der Waals surface area contributed by atoms with Crippen LogP contribution in [0.25, 0.3) is 21.7 Å². The predicted octanol–water partition coefficient (Wildman–Crippen LogP) is 4.88. The van der Waals surface area contributed by atoms with E-state index >= 15 is 0 Å². The molecule has 0 amide bonds. The van der Waals surface area contributed by atoms with Crippen LogP contribution in [0.1, 0.15) is 6.92 Å². The van der Waals surface area contributed by atoms with E-state index in [0.717, 1.165) is 17.0 Å². The van der Waals surface area contributed by atoms with Gasteiger partial charge in [-0.1, -0.05) is 24.3 Å². The molecular formula is C17H15NOS. The number of rotatable bonds is 4. The molecule has 0 aliphatic rings. The largest absolute Gasteiger partial charge is 0.493 e. The van der Waals surface area contributed by atoms with Gasteiger partial charge in [0, 0.05) is 17.3 Å². The zero-order valence-corrected chi connectivity index (χ0v) is 12.1. The quantitative estimate of drug-likeness (QED) is 0.680. The van der Waals surface area contributed by atoms with E-state index in [1.807, 2.05) is 49.5 Å². The highest BCUT2D eigenvalue weighted by atomic mass is 32.1. The first kappa shape index (κ1) is 12.9. The van der Waals surface area contributed by atoms with Crippen molar-refractivity contribution in [2.24, 2.45) is 0 Å². The van der Waals surface area contributed by atoms with Crippen LogP contribution in [0.2, 0.25) is 0 Å². The molecular weight excluding hydrogens is 266 g/mol. The molecule has 0 radical (unpaired) electrons. The van der Waals surface area contributed by atoms with Crippen molar-refractivity contribution in [2.75, 3.05) is 6.61 Å². The van der Waals surface area contributed by atoms with Crippen molar-refractivity contribution >= 4 is 11.3 Å². The molecule has 20 heavy (non-hydrogen) atoms. The molecule has 2 nitrogen and oxygen atoms in total. The third-order valence-electron chi connectivity index (χ3n) is 3.04. The van der Waals surface area contributed by atoms with Gasteiger partial charge in [-0.25, -0.2) is 0 Å². The molecule has 0 unspecified atom stereocenters. The average molecular weight is 281 g/mol. The molecule has 2 aromatic heterocycles. The zero-order chi connectivity index (χ0) is 13.8. The van der Waals surface area contributed by atoms with Crippen LogP contribution in [-0.4, -0.2) is 11.6 Å². The molecule has 100 valence electrons. The van der Waals surface area contributed by atoms with Gasteiger partial charge in [-0.15, -0.1) is 11.3 Å². The van der Waals surface area contributed by atoms with Crippen LogP contribution in [-0.2, 0) is 0 Å². The number of hydrogen-bond acceptors (Lipinski definition) is 3. The molecule has 3 heteroatoms. The van der Waals surface area contributed by atoms with Gasteiger partial charge in [0.25, 0.3) is 0 Å². The van der Waals surface area contributed by atoms with Crippen LogP contribution in [0.5, 0.6) is 5.75 Å². The third kappa shape index (κ3) is 2.45. The van der Waals surface area contributed by atoms with Crippen LogP contribution in [0.15, 0.2) is 60.1 Å². The van der Waals surface area contributed by atoms with Gasteiger partial charge in [0.1, 0.15) is 5.75 Å². The molecule has 1 aromatic carbocycles. The highest BCUT2D eigenvalue weighted by Gasteiger charge is 2.13. The summed E-state index contributed by atoms with van der Waals surface area (Å²) < 4.78 is 5.74. The second-order valence-corrected chi connectivity index (χ2v) is 5.22. The Bertz CT molecular complexity index is 691. The van der Waals surface area contributed by atoms with E-state index in [2.05, 4.69) is 22.5 Å². The van der Waals surface area contributed by atoms with Gasteiger partial charge < -0.3 is 4.74 Å². The lowest BCUT2D eigenvalue weighted by Crippen LogP contribution is -1.93. The molecule has 0 aliphatic heterocycles. The van der Waals surface area contributed by atoms with Gasteiger partial charge in [-0.2, -0.15) is 0 Å². The van der Waals surface area contributed by atoms with Crippen molar-refractivity contribution in [3.63, 3.8) is 0 Å². The predicted molar refractivity (Wildman–Crippen MR) is 84.2 cm³/mol. The lowest BCUT2D eigenvalue weighted by Gasteiger charge is -2.10. The third-order valence-corrected chi connectivity index (χ3v) is 3.98. The van der Waals surface area contributed by atoms with Crippen LogP contribution in [0.3, 0.4) is 0 Å². The Morgan fingerprint density at radius 2 is 1.85 bits per heavy atom. The minimum atomic E-state index is 0.667. The summed E-state index contributed by atoms with van der Waals surface area (Å²) in [5.74, 6) is 0.922. The van der Waals surface area contributed by atoms with Crippen molar-refractivity contribution in [3.05, 3.63) is 60.1 Å². The fourth-order valence-electron chi connectivity index (χ4n) is 2.19. The first-order valence-corrected chi connectivity index (χ1v) is 7.49. The lowest BCUT2D eigenvalue weighted by molar-refractivity contribution is 0.341. The number of nitrogens with zero attached hydrogens (tertiary/aromatic N) is 1. The number of ether oxygens (including phenoxy) is 1. The van der Waals surface area contributed by atoms with Gasteiger partial charge in [0.05, 0.1) is 17.2 Å². The summed E-state index contributed by atoms with van der Waals surface area (Å²) in [4.78, 5) is 5.63. The number of benzene rings is 1. The highest BCUT2D eigenvalue weighted by Crippen LogP contribution is 2.39. The van der Waals surface area contributed by atoms with E-state index < -0.39 is 0 Å². The zero-order valence-electron chi connectivity index (χ0n) is 11.2. The van der Waals surface area contributed by atoms with Crippen LogP contribution < -0.4 is 4.74 Å². The molecule has 0 saturated heterocycles. The number of thiophene rings is 1. The minimum absolute atomic E-state index is 0.667. The van der Waals surface area contributed by atoms with Crippen molar-refractivity contribution < 1.29 is 4.74 Å². The van der Waals surface area contributed by atoms with Crippen molar-refractivity contribution in [1.82, 2.24) is 4.98 Å². The van der Waals surface area contributed by atoms with Crippen LogP contribution >= 0.6 is 11.3 Å². The first-order chi connectivity index (χ1) is 9.90. The molecule has 2 heterocycles. The second kappa shape index (κ2) is 5.88. The number of pyridine rings is 1. The Hall–Kier alpha value is -2.13. The molecule has 0 N–H and O–H groups in total. The molecule has 3 aromatic rings. The number of aromatic nitrogens is 1. The summed E-state index contributed by atoms with van der Waals surface area (Å²) >= 11 is 1.71. The Morgan fingerprint density at radius 1 is 1.00 bits per heavy atom. The molecule has 0 fully saturated rings. The van der Waals surface area contributed by atoms with E-state index in [1.54, 1.807) is 11.3 Å². The lowest BCUT2D eigenvalue weighted by atomic mass is 10.0. The Morgan fingerprint density at radius 3 is 2.65 bits per heavy atom. The maximum absolute atomic E-state index is 5.74. The topological polar surface area (TPSA) is 22.1 Å². The van der Waals surface area contributed by atoms with Gasteiger partial charge in [0.2, 0.25) is 0 Å². The second-order valence-electron chi connectivity index (χ2n) is 4.31. The van der Waals surface area contributed by atoms with E-state index in [-0.39, 0.29) is 0 Å². The van der Waals surface area contributed by atoms with E-state index in [0.29, 0.717) is 6.61 Å². The van der Waals surface area contributed by atoms with Gasteiger partial charge in [-0.3, -0.25) is 4.98 Å². The molecule has 0 bridgehead atoms. The standard InChI is InChI=1S/C17H15NOS/c1-2-19-16-9-4-3-7-13(16)14-10-12-20-17(14)15-8-5-6-11-18-15/h3-12H,2H2,1H3. The fourth-order valence-corrected chi connectivity index (χ4v) is 3.07. The Balaban J connectivity index is 2.11. The van der Waals surface area contributed by atoms with E-state index in [9.17, 15) is 0 Å². The summed E-state index contributed by atoms with van der Waals surface area (Å²) in [5, 5.41) is 2.10. The maximum atomic E-state index is 5.74. The highest BCUT2D eigenvalue weighted by molar-refractivity contribution is 7.14. The molecule has 0 aliphatic carbocycles. The van der Waals surface area contributed by atoms with Gasteiger partial charge >= 0.3 is 0 Å². The monoisotopic (exact) mass is 281 g/mol. The summed E-state index contributed by atoms with van der Waals surface area (Å²) in [6.07, 6.45) is 1.83. The van der Waals surface area contributed by atoms with Crippen LogP contribution in [0.4, 0.5) is 0 Å². The molecule has 3 rings (SSSR count). The SMILES string of the molecule is CCOc1ccccc1-c1ccsc1-c1ccccn1. The van der Waals surface area contributed by atoms with E-state index in [4.69, 9.17) is 4.74 Å². The minimum Gasteiger partial charge on any atom is -0.493 e. The fraction of sp³-hybridized carbons (Fsp3) is 0.118. The van der Waals surface area contributed by atoms with Crippen LogP contribution in [0, 0.1) is 0 Å². The Kier molecular flexibility index (Phi) is 3.79. The summed E-state index contributed by atoms with van der Waals surface area (Å²) in [5.41, 5.74) is 3.30. The summed E-state index contributed by atoms with van der Waals surface area (Å²) in [7, 11) is 0. The first-order valence-electron chi connectivity index (χ1n) is 6.61. The smallest absolute Gasteiger partial charge is 0.127 e. The average Bonchev–Trinajstić information content (AvgIpc) is 2.98. The molecule has 0 saturated carbocycles. The summed E-state index contributed by atoms with van der Waals surface area (Å²) in [6.45, 7) is 2.67. The molecule has 0 atom stereocenters. The maximum Gasteiger partial charge on any atom is 0.127 e. The van der Waals surface area contributed by atoms with Gasteiger partial charge in [0.15, 0.2) is 0 Å². The summed E-state index contributed by atoms with van der Waals surface area (Å²) in [6, 6.07) is 16.3. The van der Waals surface area contributed by atoms with E-state index in [1.165, 1.54) is 10.4 Å². The van der Waals surface area contributed by atoms with Crippen molar-refractivity contribution in [2.45, 2.75) is 6.92 Å². The van der Waals surface area contributed by atoms with Crippen molar-refractivity contribution in [1.29, 1.82) is 0 Å².